The van der Waals surface area contributed by atoms with Crippen LogP contribution in [0, 0.1) is 0 Å². The molecule has 1 atom stereocenters. The fraction of sp³-hybridized carbons (Fsp3) is 0.400. The Morgan fingerprint density at radius 2 is 2.21 bits per heavy atom. The SMILES string of the molecule is CO[C@H]1CCN(C(=O)Cn2ccc3ccccc32)C1. The van der Waals surface area contributed by atoms with Crippen molar-refractivity contribution in [3.63, 3.8) is 0 Å². The van der Waals surface area contributed by atoms with Gasteiger partial charge in [0, 0.05) is 31.9 Å². The van der Waals surface area contributed by atoms with Crippen molar-refractivity contribution < 1.29 is 9.53 Å². The molecule has 0 radical (unpaired) electrons. The topological polar surface area (TPSA) is 34.5 Å². The Kier molecular flexibility index (Phi) is 3.25. The highest BCUT2D eigenvalue weighted by atomic mass is 16.5. The van der Waals surface area contributed by atoms with Crippen LogP contribution in [0.4, 0.5) is 0 Å². The van der Waals surface area contributed by atoms with Gasteiger partial charge >= 0.3 is 0 Å². The van der Waals surface area contributed by atoms with Crippen LogP contribution in [0.1, 0.15) is 6.42 Å². The molecule has 0 N–H and O–H groups in total. The average Bonchev–Trinajstić information content (AvgIpc) is 3.06. The predicted octanol–water partition coefficient (Wildman–Crippen LogP) is 1.89. The molecule has 100 valence electrons. The lowest BCUT2D eigenvalue weighted by atomic mass is 10.2. The number of carbonyl (C=O) groups is 1. The summed E-state index contributed by atoms with van der Waals surface area (Å²) in [6.45, 7) is 1.93. The maximum absolute atomic E-state index is 12.3. The molecule has 1 aliphatic rings. The summed E-state index contributed by atoms with van der Waals surface area (Å²) in [6.07, 6.45) is 3.12. The number of aromatic nitrogens is 1. The summed E-state index contributed by atoms with van der Waals surface area (Å²) in [6, 6.07) is 10.2. The van der Waals surface area contributed by atoms with Crippen LogP contribution in [-0.2, 0) is 16.1 Å². The molecular weight excluding hydrogens is 240 g/mol. The summed E-state index contributed by atoms with van der Waals surface area (Å²) < 4.78 is 7.31. The number of carbonyl (C=O) groups excluding carboxylic acids is 1. The van der Waals surface area contributed by atoms with Gasteiger partial charge in [-0.25, -0.2) is 0 Å². The summed E-state index contributed by atoms with van der Waals surface area (Å²) in [5, 5.41) is 1.17. The number of rotatable bonds is 3. The van der Waals surface area contributed by atoms with Gasteiger partial charge in [0.1, 0.15) is 6.54 Å². The van der Waals surface area contributed by atoms with Crippen LogP contribution >= 0.6 is 0 Å². The monoisotopic (exact) mass is 258 g/mol. The second kappa shape index (κ2) is 5.05. The van der Waals surface area contributed by atoms with E-state index >= 15 is 0 Å². The van der Waals surface area contributed by atoms with E-state index in [0.29, 0.717) is 13.1 Å². The molecule has 1 fully saturated rings. The van der Waals surface area contributed by atoms with Crippen molar-refractivity contribution in [3.05, 3.63) is 36.5 Å². The first kappa shape index (κ1) is 12.2. The number of para-hydroxylation sites is 1. The van der Waals surface area contributed by atoms with E-state index in [0.717, 1.165) is 18.5 Å². The predicted molar refractivity (Wildman–Crippen MR) is 73.9 cm³/mol. The first-order valence-corrected chi connectivity index (χ1v) is 6.62. The molecule has 4 heteroatoms. The summed E-state index contributed by atoms with van der Waals surface area (Å²) in [7, 11) is 1.71. The van der Waals surface area contributed by atoms with Gasteiger partial charge in [0.2, 0.25) is 5.91 Å². The van der Waals surface area contributed by atoms with Gasteiger partial charge < -0.3 is 14.2 Å². The van der Waals surface area contributed by atoms with Gasteiger partial charge in [-0.3, -0.25) is 4.79 Å². The van der Waals surface area contributed by atoms with Crippen molar-refractivity contribution in [3.8, 4) is 0 Å². The van der Waals surface area contributed by atoms with Crippen molar-refractivity contribution in [1.82, 2.24) is 9.47 Å². The zero-order valence-corrected chi connectivity index (χ0v) is 11.1. The molecule has 1 aromatic heterocycles. The van der Waals surface area contributed by atoms with Gasteiger partial charge in [-0.2, -0.15) is 0 Å². The Morgan fingerprint density at radius 3 is 3.00 bits per heavy atom. The van der Waals surface area contributed by atoms with E-state index in [1.807, 2.05) is 39.9 Å². The minimum Gasteiger partial charge on any atom is -0.380 e. The van der Waals surface area contributed by atoms with Crippen LogP contribution in [0.5, 0.6) is 0 Å². The molecule has 0 unspecified atom stereocenters. The molecule has 1 amide bonds. The smallest absolute Gasteiger partial charge is 0.242 e. The number of nitrogens with zero attached hydrogens (tertiary/aromatic N) is 2. The number of likely N-dealkylation sites (tertiary alicyclic amines) is 1. The van der Waals surface area contributed by atoms with Crippen LogP contribution < -0.4 is 0 Å². The molecule has 0 aliphatic carbocycles. The highest BCUT2D eigenvalue weighted by Crippen LogP contribution is 2.17. The van der Waals surface area contributed by atoms with Crippen LogP contribution in [0.25, 0.3) is 10.9 Å². The Bertz CT molecular complexity index is 591. The van der Waals surface area contributed by atoms with Crippen molar-refractivity contribution in [2.75, 3.05) is 20.2 Å². The zero-order chi connectivity index (χ0) is 13.2. The minimum absolute atomic E-state index is 0.168. The molecule has 1 aliphatic heterocycles. The number of ether oxygens (including phenoxy) is 1. The third-order valence-corrected chi connectivity index (χ3v) is 3.82. The summed E-state index contributed by atoms with van der Waals surface area (Å²) >= 11 is 0. The molecule has 19 heavy (non-hydrogen) atoms. The molecule has 0 spiro atoms. The van der Waals surface area contributed by atoms with E-state index in [1.165, 1.54) is 5.39 Å². The quantitative estimate of drug-likeness (QED) is 0.842. The Morgan fingerprint density at radius 1 is 1.37 bits per heavy atom. The Labute approximate surface area is 112 Å². The molecule has 1 saturated heterocycles. The van der Waals surface area contributed by atoms with Gasteiger partial charge in [0.15, 0.2) is 0 Å². The van der Waals surface area contributed by atoms with E-state index in [9.17, 15) is 4.79 Å². The molecule has 4 nitrogen and oxygen atoms in total. The van der Waals surface area contributed by atoms with Crippen molar-refractivity contribution in [1.29, 1.82) is 0 Å². The number of amides is 1. The molecule has 0 saturated carbocycles. The normalized spacial score (nSPS) is 19.2. The van der Waals surface area contributed by atoms with Gasteiger partial charge in [-0.05, 0) is 23.9 Å². The number of hydrogen-bond donors (Lipinski definition) is 0. The molecule has 2 heterocycles. The van der Waals surface area contributed by atoms with Crippen LogP contribution in [0.3, 0.4) is 0 Å². The second-order valence-corrected chi connectivity index (χ2v) is 4.99. The van der Waals surface area contributed by atoms with Gasteiger partial charge in [0.05, 0.1) is 6.10 Å². The van der Waals surface area contributed by atoms with Crippen molar-refractivity contribution in [2.45, 2.75) is 19.1 Å². The fourth-order valence-corrected chi connectivity index (χ4v) is 2.67. The maximum Gasteiger partial charge on any atom is 0.242 e. The van der Waals surface area contributed by atoms with E-state index < -0.39 is 0 Å². The second-order valence-electron chi connectivity index (χ2n) is 4.99. The van der Waals surface area contributed by atoms with Crippen LogP contribution in [0.15, 0.2) is 36.5 Å². The molecule has 2 aromatic rings. The summed E-state index contributed by atoms with van der Waals surface area (Å²) in [5.41, 5.74) is 1.11. The van der Waals surface area contributed by atoms with Crippen molar-refractivity contribution in [2.24, 2.45) is 0 Å². The van der Waals surface area contributed by atoms with Gasteiger partial charge in [0.25, 0.3) is 0 Å². The van der Waals surface area contributed by atoms with E-state index in [2.05, 4.69) is 6.07 Å². The summed E-state index contributed by atoms with van der Waals surface area (Å²) in [4.78, 5) is 14.2. The van der Waals surface area contributed by atoms with Crippen LogP contribution in [0.2, 0.25) is 0 Å². The fourth-order valence-electron chi connectivity index (χ4n) is 2.67. The van der Waals surface area contributed by atoms with E-state index in [1.54, 1.807) is 7.11 Å². The summed E-state index contributed by atoms with van der Waals surface area (Å²) in [5.74, 6) is 0.168. The average molecular weight is 258 g/mol. The van der Waals surface area contributed by atoms with Gasteiger partial charge in [-0.15, -0.1) is 0 Å². The Hall–Kier alpha value is -1.81. The van der Waals surface area contributed by atoms with Crippen LogP contribution in [-0.4, -0.2) is 41.7 Å². The number of fused-ring (bicyclic) bond motifs is 1. The van der Waals surface area contributed by atoms with E-state index in [-0.39, 0.29) is 12.0 Å². The first-order valence-electron chi connectivity index (χ1n) is 6.62. The third-order valence-electron chi connectivity index (χ3n) is 3.82. The Balaban J connectivity index is 1.73. The lowest BCUT2D eigenvalue weighted by Gasteiger charge is -2.17. The number of hydrogen-bond acceptors (Lipinski definition) is 2. The highest BCUT2D eigenvalue weighted by Gasteiger charge is 2.25. The molecule has 1 aromatic carbocycles. The lowest BCUT2D eigenvalue weighted by Crippen LogP contribution is -2.32. The standard InChI is InChI=1S/C15H18N2O2/c1-19-13-7-9-17(10-13)15(18)11-16-8-6-12-4-2-3-5-14(12)16/h2-6,8,13H,7,9-11H2,1H3/t13-/m0/s1. The number of methoxy groups -OCH3 is 1. The van der Waals surface area contributed by atoms with Gasteiger partial charge in [-0.1, -0.05) is 18.2 Å². The molecule has 0 bridgehead atoms. The van der Waals surface area contributed by atoms with E-state index in [4.69, 9.17) is 4.74 Å². The number of benzene rings is 1. The third kappa shape index (κ3) is 2.36. The highest BCUT2D eigenvalue weighted by molar-refractivity contribution is 5.83. The van der Waals surface area contributed by atoms with Crippen molar-refractivity contribution >= 4 is 16.8 Å². The first-order chi connectivity index (χ1) is 9.28. The largest absolute Gasteiger partial charge is 0.380 e. The lowest BCUT2D eigenvalue weighted by molar-refractivity contribution is -0.131. The maximum atomic E-state index is 12.3. The molecular formula is C15H18N2O2. The minimum atomic E-state index is 0.168. The molecule has 3 rings (SSSR count). The zero-order valence-electron chi connectivity index (χ0n) is 11.1.